The molecule has 1 aromatic heterocycles. The summed E-state index contributed by atoms with van der Waals surface area (Å²) < 4.78 is 2.69. The van der Waals surface area contributed by atoms with E-state index in [0.29, 0.717) is 11.3 Å². The lowest BCUT2D eigenvalue weighted by Gasteiger charge is -2.06. The number of hydrogen-bond acceptors (Lipinski definition) is 3. The van der Waals surface area contributed by atoms with Gasteiger partial charge in [0.15, 0.2) is 4.77 Å². The Hall–Kier alpha value is -1.46. The second-order valence-corrected chi connectivity index (χ2v) is 4.26. The summed E-state index contributed by atoms with van der Waals surface area (Å²) in [5, 5.41) is 7.00. The Morgan fingerprint density at radius 2 is 2.00 bits per heavy atom. The fourth-order valence-electron chi connectivity index (χ4n) is 1.79. The predicted octanol–water partition coefficient (Wildman–Crippen LogP) is 1.68. The van der Waals surface area contributed by atoms with Crippen molar-refractivity contribution < 1.29 is 0 Å². The number of benzene rings is 1. The van der Waals surface area contributed by atoms with Gasteiger partial charge in [0.25, 0.3) is 0 Å². The number of nitrogens with zero attached hydrogens (tertiary/aromatic N) is 2. The van der Waals surface area contributed by atoms with Gasteiger partial charge in [-0.1, -0.05) is 30.3 Å². The first-order chi connectivity index (χ1) is 8.31. The van der Waals surface area contributed by atoms with Crippen LogP contribution in [0.25, 0.3) is 0 Å². The molecule has 90 valence electrons. The van der Waals surface area contributed by atoms with Crippen LogP contribution < -0.4 is 5.73 Å². The van der Waals surface area contributed by atoms with Crippen LogP contribution in [-0.2, 0) is 19.4 Å². The van der Waals surface area contributed by atoms with Gasteiger partial charge in [0.1, 0.15) is 5.82 Å². The highest BCUT2D eigenvalue weighted by Crippen LogP contribution is 2.04. The first kappa shape index (κ1) is 12.0. The van der Waals surface area contributed by atoms with E-state index in [0.717, 1.165) is 25.2 Å². The van der Waals surface area contributed by atoms with Crippen molar-refractivity contribution >= 4 is 12.2 Å². The minimum Gasteiger partial charge on any atom is -0.330 e. The van der Waals surface area contributed by atoms with Gasteiger partial charge >= 0.3 is 0 Å². The average Bonchev–Trinajstić information content (AvgIpc) is 2.70. The number of aromatic nitrogens is 3. The van der Waals surface area contributed by atoms with Gasteiger partial charge in [-0.05, 0) is 30.7 Å². The summed E-state index contributed by atoms with van der Waals surface area (Å²) in [6, 6.07) is 10.3. The summed E-state index contributed by atoms with van der Waals surface area (Å²) in [6.07, 6.45) is 1.70. The second kappa shape index (κ2) is 5.75. The van der Waals surface area contributed by atoms with Crippen molar-refractivity contribution in [2.75, 3.05) is 6.54 Å². The molecule has 0 unspecified atom stereocenters. The van der Waals surface area contributed by atoms with Crippen molar-refractivity contribution in [3.05, 3.63) is 46.5 Å². The molecule has 3 N–H and O–H groups in total. The maximum atomic E-state index is 5.54. The van der Waals surface area contributed by atoms with Crippen LogP contribution in [0.2, 0.25) is 0 Å². The van der Waals surface area contributed by atoms with Crippen LogP contribution >= 0.6 is 12.2 Å². The van der Waals surface area contributed by atoms with Gasteiger partial charge < -0.3 is 10.3 Å². The van der Waals surface area contributed by atoms with E-state index in [-0.39, 0.29) is 0 Å². The highest BCUT2D eigenvalue weighted by Gasteiger charge is 2.04. The molecule has 0 spiro atoms. The van der Waals surface area contributed by atoms with E-state index < -0.39 is 0 Å². The Morgan fingerprint density at radius 3 is 2.71 bits per heavy atom. The van der Waals surface area contributed by atoms with Crippen LogP contribution in [-0.4, -0.2) is 21.3 Å². The minimum absolute atomic E-state index is 0.588. The third-order valence-electron chi connectivity index (χ3n) is 2.67. The van der Waals surface area contributed by atoms with Gasteiger partial charge in [0.05, 0.1) is 0 Å². The van der Waals surface area contributed by atoms with E-state index in [1.165, 1.54) is 5.56 Å². The summed E-state index contributed by atoms with van der Waals surface area (Å²) in [6.45, 7) is 1.43. The van der Waals surface area contributed by atoms with E-state index in [9.17, 15) is 0 Å². The van der Waals surface area contributed by atoms with Gasteiger partial charge in [0.2, 0.25) is 0 Å². The molecule has 0 radical (unpaired) electrons. The van der Waals surface area contributed by atoms with Crippen LogP contribution in [0.15, 0.2) is 30.3 Å². The van der Waals surface area contributed by atoms with Gasteiger partial charge in [-0.2, -0.15) is 5.10 Å². The summed E-state index contributed by atoms with van der Waals surface area (Å²) in [5.41, 5.74) is 6.85. The molecule has 5 heteroatoms. The normalized spacial score (nSPS) is 10.6. The fourth-order valence-corrected chi connectivity index (χ4v) is 2.03. The van der Waals surface area contributed by atoms with Crippen LogP contribution in [0.4, 0.5) is 0 Å². The quantitative estimate of drug-likeness (QED) is 0.792. The largest absolute Gasteiger partial charge is 0.330 e. The fraction of sp³-hybridized carbons (Fsp3) is 0.333. The minimum atomic E-state index is 0.588. The molecular formula is C12H16N4S. The molecule has 0 saturated carbocycles. The first-order valence-electron chi connectivity index (χ1n) is 5.69. The Labute approximate surface area is 105 Å². The lowest BCUT2D eigenvalue weighted by atomic mass is 10.1. The van der Waals surface area contributed by atoms with Crippen LogP contribution in [0.5, 0.6) is 0 Å². The third kappa shape index (κ3) is 3.01. The maximum absolute atomic E-state index is 5.54. The molecule has 1 heterocycles. The molecule has 0 aliphatic heterocycles. The number of aryl methyl sites for hydroxylation is 1. The van der Waals surface area contributed by atoms with Crippen molar-refractivity contribution in [2.24, 2.45) is 5.73 Å². The highest BCUT2D eigenvalue weighted by atomic mass is 32.1. The Bertz CT molecular complexity index is 515. The van der Waals surface area contributed by atoms with Crippen molar-refractivity contribution in [3.63, 3.8) is 0 Å². The van der Waals surface area contributed by atoms with Gasteiger partial charge in [-0.25, -0.2) is 0 Å². The van der Waals surface area contributed by atoms with Crippen LogP contribution in [0.3, 0.4) is 0 Å². The predicted molar refractivity (Wildman–Crippen MR) is 70.3 cm³/mol. The Balaban J connectivity index is 2.08. The van der Waals surface area contributed by atoms with Crippen molar-refractivity contribution in [2.45, 2.75) is 19.4 Å². The molecule has 0 bridgehead atoms. The Morgan fingerprint density at radius 1 is 1.24 bits per heavy atom. The molecule has 0 fully saturated rings. The average molecular weight is 248 g/mol. The molecule has 4 nitrogen and oxygen atoms in total. The zero-order chi connectivity index (χ0) is 12.1. The molecule has 0 saturated heterocycles. The first-order valence-corrected chi connectivity index (χ1v) is 6.10. The lowest BCUT2D eigenvalue weighted by Crippen LogP contribution is -2.11. The summed E-state index contributed by atoms with van der Waals surface area (Å²) >= 11 is 5.21. The van der Waals surface area contributed by atoms with Crippen molar-refractivity contribution in [3.8, 4) is 0 Å². The summed E-state index contributed by atoms with van der Waals surface area (Å²) in [7, 11) is 0. The molecule has 0 aliphatic rings. The molecule has 0 aliphatic carbocycles. The van der Waals surface area contributed by atoms with Crippen LogP contribution in [0, 0.1) is 4.77 Å². The van der Waals surface area contributed by atoms with E-state index in [4.69, 9.17) is 18.0 Å². The van der Waals surface area contributed by atoms with Crippen molar-refractivity contribution in [1.29, 1.82) is 0 Å². The molecule has 2 aromatic rings. The van der Waals surface area contributed by atoms with Crippen molar-refractivity contribution in [1.82, 2.24) is 14.8 Å². The number of aromatic amines is 1. The van der Waals surface area contributed by atoms with E-state index in [1.807, 2.05) is 22.8 Å². The molecule has 0 atom stereocenters. The summed E-state index contributed by atoms with van der Waals surface area (Å²) in [4.78, 5) is 0. The number of nitrogens with two attached hydrogens (primary N) is 1. The Kier molecular flexibility index (Phi) is 4.06. The SMILES string of the molecule is NCCc1n[nH]c(=S)n1CCc1ccccc1. The number of rotatable bonds is 5. The topological polar surface area (TPSA) is 59.6 Å². The zero-order valence-corrected chi connectivity index (χ0v) is 10.4. The number of H-pyrrole nitrogens is 1. The smallest absolute Gasteiger partial charge is 0.195 e. The summed E-state index contributed by atoms with van der Waals surface area (Å²) in [5.74, 6) is 0.938. The number of hydrogen-bond donors (Lipinski definition) is 2. The molecular weight excluding hydrogens is 232 g/mol. The van der Waals surface area contributed by atoms with Crippen LogP contribution in [0.1, 0.15) is 11.4 Å². The molecule has 17 heavy (non-hydrogen) atoms. The molecule has 2 rings (SSSR count). The van der Waals surface area contributed by atoms with Gasteiger partial charge in [-0.3, -0.25) is 5.10 Å². The third-order valence-corrected chi connectivity index (χ3v) is 2.98. The van der Waals surface area contributed by atoms with E-state index >= 15 is 0 Å². The van der Waals surface area contributed by atoms with E-state index in [2.05, 4.69) is 22.3 Å². The van der Waals surface area contributed by atoms with E-state index in [1.54, 1.807) is 0 Å². The molecule has 1 aromatic carbocycles. The lowest BCUT2D eigenvalue weighted by molar-refractivity contribution is 0.642. The zero-order valence-electron chi connectivity index (χ0n) is 9.60. The van der Waals surface area contributed by atoms with Gasteiger partial charge in [0, 0.05) is 13.0 Å². The standard InChI is InChI=1S/C12H16N4S/c13-8-6-11-14-15-12(17)16(11)9-7-10-4-2-1-3-5-10/h1-5H,6-9,13H2,(H,15,17). The number of nitrogens with one attached hydrogen (secondary N) is 1. The molecule has 0 amide bonds. The maximum Gasteiger partial charge on any atom is 0.195 e. The monoisotopic (exact) mass is 248 g/mol. The second-order valence-electron chi connectivity index (χ2n) is 3.87. The highest BCUT2D eigenvalue weighted by molar-refractivity contribution is 7.71. The van der Waals surface area contributed by atoms with Gasteiger partial charge in [-0.15, -0.1) is 0 Å².